The second kappa shape index (κ2) is 6.57. The molecule has 2 saturated heterocycles. The number of carbonyl (C=O) groups is 2. The van der Waals surface area contributed by atoms with Crippen LogP contribution in [-0.4, -0.2) is 57.3 Å². The standard InChI is InChI=1S/C18H28N4O2/c1-4-20-13-18(6-5-16(20)23)7-10-21(11-8-18)17(24)14(2)22-12-9-19-15(22)3/h9,12,14H,4-8,10-11,13H2,1-3H3/t14-/m0/s1. The first-order chi connectivity index (χ1) is 11.5. The third kappa shape index (κ3) is 3.06. The highest BCUT2D eigenvalue weighted by molar-refractivity contribution is 5.80. The number of hydrogen-bond acceptors (Lipinski definition) is 3. The molecular formula is C18H28N4O2. The van der Waals surface area contributed by atoms with Crippen molar-refractivity contribution in [2.75, 3.05) is 26.2 Å². The predicted molar refractivity (Wildman–Crippen MR) is 91.4 cm³/mol. The zero-order chi connectivity index (χ0) is 17.3. The van der Waals surface area contributed by atoms with E-state index in [9.17, 15) is 9.59 Å². The maximum absolute atomic E-state index is 12.8. The van der Waals surface area contributed by atoms with Gasteiger partial charge in [-0.1, -0.05) is 0 Å². The predicted octanol–water partition coefficient (Wildman–Crippen LogP) is 2.00. The van der Waals surface area contributed by atoms with Crippen molar-refractivity contribution in [2.24, 2.45) is 5.41 Å². The lowest BCUT2D eigenvalue weighted by atomic mass is 9.72. The Balaban J connectivity index is 1.62. The molecule has 3 rings (SSSR count). The van der Waals surface area contributed by atoms with E-state index in [1.165, 1.54) is 0 Å². The molecule has 0 bridgehead atoms. The Morgan fingerprint density at radius 2 is 2.04 bits per heavy atom. The zero-order valence-corrected chi connectivity index (χ0v) is 15.0. The van der Waals surface area contributed by atoms with Gasteiger partial charge in [0.2, 0.25) is 11.8 Å². The van der Waals surface area contributed by atoms with E-state index in [0.717, 1.165) is 51.3 Å². The third-order valence-corrected chi connectivity index (χ3v) is 5.90. The summed E-state index contributed by atoms with van der Waals surface area (Å²) < 4.78 is 1.94. The summed E-state index contributed by atoms with van der Waals surface area (Å²) in [5, 5.41) is 0. The van der Waals surface area contributed by atoms with E-state index in [4.69, 9.17) is 0 Å². The number of rotatable bonds is 3. The Morgan fingerprint density at radius 1 is 1.33 bits per heavy atom. The van der Waals surface area contributed by atoms with Crippen LogP contribution in [0.2, 0.25) is 0 Å². The molecule has 6 heteroatoms. The van der Waals surface area contributed by atoms with Crippen molar-refractivity contribution in [1.29, 1.82) is 0 Å². The van der Waals surface area contributed by atoms with E-state index in [1.807, 2.05) is 41.3 Å². The van der Waals surface area contributed by atoms with Crippen molar-refractivity contribution in [3.05, 3.63) is 18.2 Å². The minimum Gasteiger partial charge on any atom is -0.342 e. The molecule has 1 atom stereocenters. The minimum absolute atomic E-state index is 0.171. The third-order valence-electron chi connectivity index (χ3n) is 5.90. The Kier molecular flexibility index (Phi) is 4.65. The number of piperidine rings is 2. The van der Waals surface area contributed by atoms with Gasteiger partial charge in [0.05, 0.1) is 0 Å². The van der Waals surface area contributed by atoms with Crippen LogP contribution in [0.5, 0.6) is 0 Å². The van der Waals surface area contributed by atoms with E-state index in [0.29, 0.717) is 6.42 Å². The smallest absolute Gasteiger partial charge is 0.245 e. The van der Waals surface area contributed by atoms with Crippen LogP contribution >= 0.6 is 0 Å². The van der Waals surface area contributed by atoms with Crippen LogP contribution in [0.4, 0.5) is 0 Å². The highest BCUT2D eigenvalue weighted by atomic mass is 16.2. The molecule has 2 aliphatic heterocycles. The van der Waals surface area contributed by atoms with E-state index < -0.39 is 0 Å². The molecule has 0 N–H and O–H groups in total. The summed E-state index contributed by atoms with van der Waals surface area (Å²) in [7, 11) is 0. The monoisotopic (exact) mass is 332 g/mol. The molecule has 0 saturated carbocycles. The van der Waals surface area contributed by atoms with E-state index in [2.05, 4.69) is 4.98 Å². The number of aromatic nitrogens is 2. The maximum atomic E-state index is 12.8. The molecule has 2 fully saturated rings. The number of carbonyl (C=O) groups excluding carboxylic acids is 2. The lowest BCUT2D eigenvalue weighted by Gasteiger charge is -2.47. The number of imidazole rings is 1. The molecule has 0 unspecified atom stereocenters. The number of aryl methyl sites for hydroxylation is 1. The molecular weight excluding hydrogens is 304 g/mol. The van der Waals surface area contributed by atoms with Crippen molar-refractivity contribution in [3.63, 3.8) is 0 Å². The van der Waals surface area contributed by atoms with Gasteiger partial charge in [0.1, 0.15) is 11.9 Å². The van der Waals surface area contributed by atoms with Crippen molar-refractivity contribution in [3.8, 4) is 0 Å². The van der Waals surface area contributed by atoms with Crippen LogP contribution in [0.15, 0.2) is 12.4 Å². The van der Waals surface area contributed by atoms with Crippen molar-refractivity contribution < 1.29 is 9.59 Å². The fourth-order valence-electron chi connectivity index (χ4n) is 4.18. The van der Waals surface area contributed by atoms with Gasteiger partial charge in [-0.25, -0.2) is 4.98 Å². The summed E-state index contributed by atoms with van der Waals surface area (Å²) >= 11 is 0. The first-order valence-electron chi connectivity index (χ1n) is 9.02. The molecule has 1 spiro atoms. The van der Waals surface area contributed by atoms with Gasteiger partial charge < -0.3 is 14.4 Å². The van der Waals surface area contributed by atoms with E-state index >= 15 is 0 Å². The summed E-state index contributed by atoms with van der Waals surface area (Å²) in [4.78, 5) is 32.9. The number of hydrogen-bond donors (Lipinski definition) is 0. The SMILES string of the molecule is CCN1CC2(CCC1=O)CCN(C(=O)[C@H](C)n1ccnc1C)CC2. The summed E-state index contributed by atoms with van der Waals surface area (Å²) in [6.45, 7) is 9.16. The Hall–Kier alpha value is -1.85. The van der Waals surface area contributed by atoms with Gasteiger partial charge in [-0.2, -0.15) is 0 Å². The molecule has 0 radical (unpaired) electrons. The largest absolute Gasteiger partial charge is 0.342 e. The minimum atomic E-state index is -0.207. The second-order valence-electron chi connectivity index (χ2n) is 7.29. The molecule has 2 aliphatic rings. The van der Waals surface area contributed by atoms with Crippen LogP contribution in [0.3, 0.4) is 0 Å². The zero-order valence-electron chi connectivity index (χ0n) is 15.0. The molecule has 24 heavy (non-hydrogen) atoms. The summed E-state index contributed by atoms with van der Waals surface area (Å²) in [6, 6.07) is -0.207. The summed E-state index contributed by atoms with van der Waals surface area (Å²) in [5.41, 5.74) is 0.217. The number of nitrogens with zero attached hydrogens (tertiary/aromatic N) is 4. The Labute approximate surface area is 143 Å². The van der Waals surface area contributed by atoms with Crippen molar-refractivity contribution >= 4 is 11.8 Å². The van der Waals surface area contributed by atoms with Crippen LogP contribution in [0.25, 0.3) is 0 Å². The normalized spacial score (nSPS) is 22.0. The van der Waals surface area contributed by atoms with Gasteiger partial charge in [0, 0.05) is 45.0 Å². The van der Waals surface area contributed by atoms with Crippen LogP contribution in [-0.2, 0) is 9.59 Å². The Morgan fingerprint density at radius 3 is 2.62 bits per heavy atom. The van der Waals surface area contributed by atoms with Gasteiger partial charge in [-0.05, 0) is 45.4 Å². The summed E-state index contributed by atoms with van der Waals surface area (Å²) in [5.74, 6) is 1.32. The maximum Gasteiger partial charge on any atom is 0.245 e. The lowest BCUT2D eigenvalue weighted by molar-refractivity contribution is -0.143. The lowest BCUT2D eigenvalue weighted by Crippen LogP contribution is -2.52. The first-order valence-corrected chi connectivity index (χ1v) is 9.02. The average Bonchev–Trinajstić information content (AvgIpc) is 3.02. The van der Waals surface area contributed by atoms with Crippen LogP contribution in [0.1, 0.15) is 51.4 Å². The highest BCUT2D eigenvalue weighted by Crippen LogP contribution is 2.40. The van der Waals surface area contributed by atoms with E-state index in [-0.39, 0.29) is 23.3 Å². The van der Waals surface area contributed by atoms with Gasteiger partial charge in [0.15, 0.2) is 0 Å². The number of likely N-dealkylation sites (tertiary alicyclic amines) is 2. The van der Waals surface area contributed by atoms with Crippen LogP contribution in [0, 0.1) is 12.3 Å². The number of amides is 2. The molecule has 2 amide bonds. The molecule has 132 valence electrons. The fraction of sp³-hybridized carbons (Fsp3) is 0.722. The van der Waals surface area contributed by atoms with Gasteiger partial charge in [-0.15, -0.1) is 0 Å². The summed E-state index contributed by atoms with van der Waals surface area (Å²) in [6.07, 6.45) is 7.24. The van der Waals surface area contributed by atoms with Gasteiger partial charge in [-0.3, -0.25) is 9.59 Å². The molecule has 1 aromatic rings. The Bertz CT molecular complexity index is 616. The fourth-order valence-corrected chi connectivity index (χ4v) is 4.18. The van der Waals surface area contributed by atoms with Crippen molar-refractivity contribution in [2.45, 2.75) is 52.5 Å². The highest BCUT2D eigenvalue weighted by Gasteiger charge is 2.41. The first kappa shape index (κ1) is 17.0. The molecule has 6 nitrogen and oxygen atoms in total. The van der Waals surface area contributed by atoms with Gasteiger partial charge >= 0.3 is 0 Å². The average molecular weight is 332 g/mol. The van der Waals surface area contributed by atoms with Gasteiger partial charge in [0.25, 0.3) is 0 Å². The molecule has 1 aromatic heterocycles. The molecule has 3 heterocycles. The van der Waals surface area contributed by atoms with E-state index in [1.54, 1.807) is 6.20 Å². The van der Waals surface area contributed by atoms with Crippen molar-refractivity contribution in [1.82, 2.24) is 19.4 Å². The topological polar surface area (TPSA) is 58.4 Å². The quantitative estimate of drug-likeness (QED) is 0.851. The second-order valence-corrected chi connectivity index (χ2v) is 7.29. The molecule has 0 aliphatic carbocycles. The van der Waals surface area contributed by atoms with Crippen LogP contribution < -0.4 is 0 Å². The molecule has 0 aromatic carbocycles.